The second-order valence-corrected chi connectivity index (χ2v) is 5.84. The summed E-state index contributed by atoms with van der Waals surface area (Å²) in [7, 11) is -3.15. The standard InChI is InChI=1S/C9H18N2O3S/c1-3-10-9(12)8-5-4-6-11(7-8)15(2,13)14/h8H,3-7H2,1-2H3,(H,10,12). The van der Waals surface area contributed by atoms with Crippen LogP contribution in [0.2, 0.25) is 0 Å². The maximum absolute atomic E-state index is 11.5. The molecule has 1 atom stereocenters. The molecule has 0 aromatic heterocycles. The van der Waals surface area contributed by atoms with Crippen LogP contribution in [-0.2, 0) is 14.8 Å². The van der Waals surface area contributed by atoms with Gasteiger partial charge >= 0.3 is 0 Å². The first-order valence-corrected chi connectivity index (χ1v) is 7.02. The quantitative estimate of drug-likeness (QED) is 0.735. The molecule has 0 aromatic rings. The first-order chi connectivity index (χ1) is 6.95. The van der Waals surface area contributed by atoms with Crippen molar-refractivity contribution < 1.29 is 13.2 Å². The van der Waals surface area contributed by atoms with Gasteiger partial charge in [-0.05, 0) is 19.8 Å². The average Bonchev–Trinajstić information content (AvgIpc) is 2.17. The van der Waals surface area contributed by atoms with Crippen LogP contribution in [0.4, 0.5) is 0 Å². The third-order valence-electron chi connectivity index (χ3n) is 2.57. The van der Waals surface area contributed by atoms with Crippen LogP contribution < -0.4 is 5.32 Å². The highest BCUT2D eigenvalue weighted by molar-refractivity contribution is 7.88. The minimum absolute atomic E-state index is 0.0362. The molecule has 1 amide bonds. The van der Waals surface area contributed by atoms with Gasteiger partial charge in [0.1, 0.15) is 0 Å². The van der Waals surface area contributed by atoms with Gasteiger partial charge in [-0.15, -0.1) is 0 Å². The molecular weight excluding hydrogens is 216 g/mol. The SMILES string of the molecule is CCNC(=O)C1CCCN(S(C)(=O)=O)C1. The van der Waals surface area contributed by atoms with Gasteiger partial charge in [-0.2, -0.15) is 0 Å². The van der Waals surface area contributed by atoms with Crippen molar-refractivity contribution in [2.45, 2.75) is 19.8 Å². The number of amides is 1. The molecule has 0 aliphatic carbocycles. The van der Waals surface area contributed by atoms with E-state index in [4.69, 9.17) is 0 Å². The van der Waals surface area contributed by atoms with Gasteiger partial charge < -0.3 is 5.32 Å². The zero-order chi connectivity index (χ0) is 11.5. The Morgan fingerprint density at radius 2 is 2.20 bits per heavy atom. The van der Waals surface area contributed by atoms with Crippen molar-refractivity contribution in [2.24, 2.45) is 5.92 Å². The van der Waals surface area contributed by atoms with Crippen molar-refractivity contribution in [1.82, 2.24) is 9.62 Å². The van der Waals surface area contributed by atoms with Gasteiger partial charge in [-0.1, -0.05) is 0 Å². The molecule has 5 nitrogen and oxygen atoms in total. The summed E-state index contributed by atoms with van der Waals surface area (Å²) < 4.78 is 24.0. The van der Waals surface area contributed by atoms with Crippen LogP contribution in [0, 0.1) is 5.92 Å². The van der Waals surface area contributed by atoms with Crippen molar-refractivity contribution >= 4 is 15.9 Å². The van der Waals surface area contributed by atoms with Crippen LogP contribution in [0.15, 0.2) is 0 Å². The van der Waals surface area contributed by atoms with E-state index in [-0.39, 0.29) is 11.8 Å². The fourth-order valence-electron chi connectivity index (χ4n) is 1.78. The molecule has 1 heterocycles. The number of hydrogen-bond acceptors (Lipinski definition) is 3. The number of hydrogen-bond donors (Lipinski definition) is 1. The fourth-order valence-corrected chi connectivity index (χ4v) is 2.69. The molecular formula is C9H18N2O3S. The fraction of sp³-hybridized carbons (Fsp3) is 0.889. The molecule has 1 fully saturated rings. The summed E-state index contributed by atoms with van der Waals surface area (Å²) in [6.07, 6.45) is 2.72. The first-order valence-electron chi connectivity index (χ1n) is 5.18. The molecule has 1 N–H and O–H groups in total. The Balaban J connectivity index is 2.60. The highest BCUT2D eigenvalue weighted by atomic mass is 32.2. The van der Waals surface area contributed by atoms with Gasteiger partial charge in [0.25, 0.3) is 0 Å². The van der Waals surface area contributed by atoms with Crippen molar-refractivity contribution in [2.75, 3.05) is 25.9 Å². The van der Waals surface area contributed by atoms with Crippen LogP contribution >= 0.6 is 0 Å². The van der Waals surface area contributed by atoms with E-state index >= 15 is 0 Å². The summed E-state index contributed by atoms with van der Waals surface area (Å²) in [6.45, 7) is 3.31. The van der Waals surface area contributed by atoms with Crippen LogP contribution in [0.3, 0.4) is 0 Å². The normalized spacial score (nSPS) is 23.7. The Morgan fingerprint density at radius 1 is 1.53 bits per heavy atom. The molecule has 15 heavy (non-hydrogen) atoms. The molecule has 1 aliphatic heterocycles. The van der Waals surface area contributed by atoms with E-state index in [1.54, 1.807) is 0 Å². The first kappa shape index (κ1) is 12.4. The number of carbonyl (C=O) groups excluding carboxylic acids is 1. The van der Waals surface area contributed by atoms with Crippen molar-refractivity contribution in [3.63, 3.8) is 0 Å². The molecule has 0 aromatic carbocycles. The third-order valence-corrected chi connectivity index (χ3v) is 3.84. The monoisotopic (exact) mass is 234 g/mol. The van der Waals surface area contributed by atoms with Gasteiger partial charge in [0.15, 0.2) is 0 Å². The Bertz CT molecular complexity index is 326. The second-order valence-electron chi connectivity index (χ2n) is 3.85. The van der Waals surface area contributed by atoms with E-state index < -0.39 is 10.0 Å². The summed E-state index contributed by atoms with van der Waals surface area (Å²) in [5.41, 5.74) is 0. The van der Waals surface area contributed by atoms with E-state index in [2.05, 4.69) is 5.32 Å². The molecule has 1 aliphatic rings. The molecule has 1 unspecified atom stereocenters. The number of piperidine rings is 1. The summed E-state index contributed by atoms with van der Waals surface area (Å²) in [4.78, 5) is 11.5. The number of nitrogens with one attached hydrogen (secondary N) is 1. The number of carbonyl (C=O) groups is 1. The zero-order valence-corrected chi connectivity index (χ0v) is 10.0. The minimum atomic E-state index is -3.15. The Morgan fingerprint density at radius 3 is 2.73 bits per heavy atom. The predicted octanol–water partition coefficient (Wildman–Crippen LogP) is -0.206. The zero-order valence-electron chi connectivity index (χ0n) is 9.19. The van der Waals surface area contributed by atoms with Crippen LogP contribution in [0.1, 0.15) is 19.8 Å². The van der Waals surface area contributed by atoms with E-state index in [0.29, 0.717) is 19.6 Å². The highest BCUT2D eigenvalue weighted by Gasteiger charge is 2.29. The summed E-state index contributed by atoms with van der Waals surface area (Å²) in [5, 5.41) is 2.73. The number of sulfonamides is 1. The number of rotatable bonds is 3. The highest BCUT2D eigenvalue weighted by Crippen LogP contribution is 2.18. The average molecular weight is 234 g/mol. The second kappa shape index (κ2) is 4.94. The lowest BCUT2D eigenvalue weighted by atomic mass is 9.99. The Hall–Kier alpha value is -0.620. The predicted molar refractivity (Wildman–Crippen MR) is 57.8 cm³/mol. The van der Waals surface area contributed by atoms with Gasteiger partial charge in [0, 0.05) is 19.6 Å². The van der Waals surface area contributed by atoms with E-state index in [9.17, 15) is 13.2 Å². The molecule has 6 heteroatoms. The van der Waals surface area contributed by atoms with E-state index in [0.717, 1.165) is 12.8 Å². The molecule has 0 spiro atoms. The summed E-state index contributed by atoms with van der Waals surface area (Å²) in [6, 6.07) is 0. The molecule has 1 saturated heterocycles. The Labute approximate surface area is 90.9 Å². The summed E-state index contributed by atoms with van der Waals surface area (Å²) >= 11 is 0. The maximum Gasteiger partial charge on any atom is 0.224 e. The maximum atomic E-state index is 11.5. The van der Waals surface area contributed by atoms with Gasteiger partial charge in [-0.25, -0.2) is 12.7 Å². The van der Waals surface area contributed by atoms with Gasteiger partial charge in [0.2, 0.25) is 15.9 Å². The molecule has 0 radical (unpaired) electrons. The van der Waals surface area contributed by atoms with E-state index in [1.807, 2.05) is 6.92 Å². The molecule has 88 valence electrons. The molecule has 0 saturated carbocycles. The van der Waals surface area contributed by atoms with Crippen LogP contribution in [-0.4, -0.2) is 44.5 Å². The lowest BCUT2D eigenvalue weighted by molar-refractivity contribution is -0.125. The van der Waals surface area contributed by atoms with Crippen molar-refractivity contribution in [1.29, 1.82) is 0 Å². The smallest absolute Gasteiger partial charge is 0.224 e. The minimum Gasteiger partial charge on any atom is -0.356 e. The lowest BCUT2D eigenvalue weighted by Gasteiger charge is -2.29. The van der Waals surface area contributed by atoms with Crippen LogP contribution in [0.25, 0.3) is 0 Å². The number of nitrogens with zero attached hydrogens (tertiary/aromatic N) is 1. The Kier molecular flexibility index (Phi) is 4.10. The van der Waals surface area contributed by atoms with Gasteiger partial charge in [-0.3, -0.25) is 4.79 Å². The van der Waals surface area contributed by atoms with Crippen molar-refractivity contribution in [3.05, 3.63) is 0 Å². The molecule has 1 rings (SSSR count). The van der Waals surface area contributed by atoms with Gasteiger partial charge in [0.05, 0.1) is 12.2 Å². The largest absolute Gasteiger partial charge is 0.356 e. The van der Waals surface area contributed by atoms with Crippen molar-refractivity contribution in [3.8, 4) is 0 Å². The lowest BCUT2D eigenvalue weighted by Crippen LogP contribution is -2.45. The third kappa shape index (κ3) is 3.46. The van der Waals surface area contributed by atoms with Crippen LogP contribution in [0.5, 0.6) is 0 Å². The topological polar surface area (TPSA) is 66.5 Å². The summed E-state index contributed by atoms with van der Waals surface area (Å²) in [5.74, 6) is -0.223. The van der Waals surface area contributed by atoms with E-state index in [1.165, 1.54) is 10.6 Å². The molecule has 0 bridgehead atoms.